The number of likely N-dealkylation sites (tertiary alicyclic amines) is 1. The SMILES string of the molecule is O=C(OCc1ccccc1)N1C[C@H]2CNC[C@H]2C1. The van der Waals surface area contributed by atoms with Crippen LogP contribution in [0.5, 0.6) is 0 Å². The second-order valence-corrected chi connectivity index (χ2v) is 5.12. The van der Waals surface area contributed by atoms with Crippen LogP contribution in [0.4, 0.5) is 4.79 Å². The molecular formula is C14H18N2O2. The minimum Gasteiger partial charge on any atom is -0.445 e. The molecule has 1 aromatic carbocycles. The van der Waals surface area contributed by atoms with E-state index in [1.54, 1.807) is 0 Å². The van der Waals surface area contributed by atoms with Crippen molar-refractivity contribution >= 4 is 6.09 Å². The topological polar surface area (TPSA) is 41.6 Å². The van der Waals surface area contributed by atoms with E-state index in [4.69, 9.17) is 4.74 Å². The Kier molecular flexibility index (Phi) is 3.19. The van der Waals surface area contributed by atoms with Crippen LogP contribution < -0.4 is 5.32 Å². The molecule has 0 saturated carbocycles. The molecule has 3 rings (SSSR count). The molecule has 2 aliphatic heterocycles. The summed E-state index contributed by atoms with van der Waals surface area (Å²) in [5.74, 6) is 1.24. The second-order valence-electron chi connectivity index (χ2n) is 5.12. The van der Waals surface area contributed by atoms with Gasteiger partial charge >= 0.3 is 6.09 Å². The molecule has 1 amide bonds. The van der Waals surface area contributed by atoms with Crippen LogP contribution in [0, 0.1) is 11.8 Å². The summed E-state index contributed by atoms with van der Waals surface area (Å²) in [5.41, 5.74) is 1.03. The largest absolute Gasteiger partial charge is 0.445 e. The minimum absolute atomic E-state index is 0.173. The predicted octanol–water partition coefficient (Wildman–Crippen LogP) is 1.47. The standard InChI is InChI=1S/C14H18N2O2/c17-14(18-10-11-4-2-1-3-5-11)16-8-12-6-15-7-13(12)9-16/h1-5,12-13,15H,6-10H2/t12-,13+. The third-order valence-electron chi connectivity index (χ3n) is 3.85. The number of nitrogens with one attached hydrogen (secondary N) is 1. The van der Waals surface area contributed by atoms with Crippen molar-refractivity contribution in [3.05, 3.63) is 35.9 Å². The van der Waals surface area contributed by atoms with Crippen LogP contribution in [-0.2, 0) is 11.3 Å². The summed E-state index contributed by atoms with van der Waals surface area (Å²) in [6.45, 7) is 4.11. The van der Waals surface area contributed by atoms with E-state index in [0.717, 1.165) is 31.7 Å². The number of rotatable bonds is 2. The molecule has 2 heterocycles. The van der Waals surface area contributed by atoms with Crippen molar-refractivity contribution < 1.29 is 9.53 Å². The van der Waals surface area contributed by atoms with Crippen molar-refractivity contribution in [2.24, 2.45) is 11.8 Å². The number of ether oxygens (including phenoxy) is 1. The average Bonchev–Trinajstić information content (AvgIpc) is 2.98. The van der Waals surface area contributed by atoms with Crippen LogP contribution in [0.15, 0.2) is 30.3 Å². The van der Waals surface area contributed by atoms with Gasteiger partial charge in [-0.2, -0.15) is 0 Å². The lowest BCUT2D eigenvalue weighted by Gasteiger charge is -2.17. The molecule has 18 heavy (non-hydrogen) atoms. The molecule has 0 unspecified atom stereocenters. The highest BCUT2D eigenvalue weighted by atomic mass is 16.6. The summed E-state index contributed by atoms with van der Waals surface area (Å²) in [7, 11) is 0. The van der Waals surface area contributed by atoms with Crippen LogP contribution in [0.25, 0.3) is 0 Å². The van der Waals surface area contributed by atoms with Gasteiger partial charge in [0.05, 0.1) is 0 Å². The van der Waals surface area contributed by atoms with E-state index in [2.05, 4.69) is 5.32 Å². The Balaban J connectivity index is 1.50. The fraction of sp³-hybridized carbons (Fsp3) is 0.500. The second kappa shape index (κ2) is 4.98. The van der Waals surface area contributed by atoms with E-state index in [0.29, 0.717) is 18.4 Å². The van der Waals surface area contributed by atoms with Gasteiger partial charge in [0, 0.05) is 26.2 Å². The maximum absolute atomic E-state index is 11.9. The summed E-state index contributed by atoms with van der Waals surface area (Å²) < 4.78 is 5.34. The molecule has 2 atom stereocenters. The van der Waals surface area contributed by atoms with Gasteiger partial charge in [0.15, 0.2) is 0 Å². The summed E-state index contributed by atoms with van der Waals surface area (Å²) in [6, 6.07) is 9.80. The molecule has 2 fully saturated rings. The third-order valence-corrected chi connectivity index (χ3v) is 3.85. The molecule has 1 N–H and O–H groups in total. The lowest BCUT2D eigenvalue weighted by Crippen LogP contribution is -2.32. The molecule has 96 valence electrons. The van der Waals surface area contributed by atoms with Crippen molar-refractivity contribution in [1.29, 1.82) is 0 Å². The molecule has 0 radical (unpaired) electrons. The zero-order valence-electron chi connectivity index (χ0n) is 10.3. The number of benzene rings is 1. The molecule has 4 nitrogen and oxygen atoms in total. The van der Waals surface area contributed by atoms with E-state index in [1.165, 1.54) is 0 Å². The highest BCUT2D eigenvalue weighted by Crippen LogP contribution is 2.26. The zero-order valence-corrected chi connectivity index (χ0v) is 10.3. The lowest BCUT2D eigenvalue weighted by atomic mass is 10.0. The molecular weight excluding hydrogens is 228 g/mol. The van der Waals surface area contributed by atoms with Gasteiger partial charge in [-0.05, 0) is 17.4 Å². The quantitative estimate of drug-likeness (QED) is 0.859. The first-order chi connectivity index (χ1) is 8.83. The summed E-state index contributed by atoms with van der Waals surface area (Å²) in [5, 5.41) is 3.36. The number of fused-ring (bicyclic) bond motifs is 1. The first kappa shape index (κ1) is 11.5. The Morgan fingerprint density at radius 3 is 2.56 bits per heavy atom. The number of nitrogens with zero attached hydrogens (tertiary/aromatic N) is 1. The van der Waals surface area contributed by atoms with Crippen LogP contribution in [0.1, 0.15) is 5.56 Å². The molecule has 0 aromatic heterocycles. The third kappa shape index (κ3) is 2.34. The van der Waals surface area contributed by atoms with Gasteiger partial charge in [0.25, 0.3) is 0 Å². The molecule has 2 saturated heterocycles. The lowest BCUT2D eigenvalue weighted by molar-refractivity contribution is 0.102. The molecule has 0 spiro atoms. The smallest absolute Gasteiger partial charge is 0.410 e. The van der Waals surface area contributed by atoms with Crippen LogP contribution in [-0.4, -0.2) is 37.2 Å². The molecule has 2 aliphatic rings. The van der Waals surface area contributed by atoms with Crippen molar-refractivity contribution in [1.82, 2.24) is 10.2 Å². The number of amides is 1. The predicted molar refractivity (Wildman–Crippen MR) is 68.0 cm³/mol. The Labute approximate surface area is 107 Å². The van der Waals surface area contributed by atoms with Gasteiger partial charge in [-0.1, -0.05) is 30.3 Å². The fourth-order valence-corrected chi connectivity index (χ4v) is 2.82. The molecule has 0 bridgehead atoms. The van der Waals surface area contributed by atoms with Gasteiger partial charge in [0.1, 0.15) is 6.61 Å². The molecule has 1 aromatic rings. The van der Waals surface area contributed by atoms with Crippen LogP contribution >= 0.6 is 0 Å². The summed E-state index contributed by atoms with van der Waals surface area (Å²) in [4.78, 5) is 13.8. The zero-order chi connectivity index (χ0) is 12.4. The van der Waals surface area contributed by atoms with Crippen molar-refractivity contribution in [2.75, 3.05) is 26.2 Å². The Morgan fingerprint density at radius 1 is 1.22 bits per heavy atom. The van der Waals surface area contributed by atoms with Gasteiger partial charge in [-0.15, -0.1) is 0 Å². The Hall–Kier alpha value is -1.55. The van der Waals surface area contributed by atoms with E-state index in [1.807, 2.05) is 35.2 Å². The maximum Gasteiger partial charge on any atom is 0.410 e. The molecule has 4 heteroatoms. The number of carbonyl (C=O) groups excluding carboxylic acids is 1. The first-order valence-corrected chi connectivity index (χ1v) is 6.49. The maximum atomic E-state index is 11.9. The number of hydrogen-bond donors (Lipinski definition) is 1. The minimum atomic E-state index is -0.173. The Bertz CT molecular complexity index is 409. The Morgan fingerprint density at radius 2 is 1.89 bits per heavy atom. The highest BCUT2D eigenvalue weighted by Gasteiger charge is 2.38. The molecule has 0 aliphatic carbocycles. The van der Waals surface area contributed by atoms with Gasteiger partial charge in [0.2, 0.25) is 0 Å². The monoisotopic (exact) mass is 246 g/mol. The van der Waals surface area contributed by atoms with Crippen LogP contribution in [0.3, 0.4) is 0 Å². The van der Waals surface area contributed by atoms with Gasteiger partial charge < -0.3 is 15.0 Å². The fourth-order valence-electron chi connectivity index (χ4n) is 2.82. The average molecular weight is 246 g/mol. The summed E-state index contributed by atoms with van der Waals surface area (Å²) in [6.07, 6.45) is -0.173. The van der Waals surface area contributed by atoms with Crippen molar-refractivity contribution in [3.8, 4) is 0 Å². The van der Waals surface area contributed by atoms with Crippen molar-refractivity contribution in [2.45, 2.75) is 6.61 Å². The van der Waals surface area contributed by atoms with E-state index < -0.39 is 0 Å². The highest BCUT2D eigenvalue weighted by molar-refractivity contribution is 5.68. The van der Waals surface area contributed by atoms with Crippen LogP contribution in [0.2, 0.25) is 0 Å². The van der Waals surface area contributed by atoms with Gasteiger partial charge in [-0.3, -0.25) is 0 Å². The number of carbonyl (C=O) groups is 1. The van der Waals surface area contributed by atoms with Crippen molar-refractivity contribution in [3.63, 3.8) is 0 Å². The summed E-state index contributed by atoms with van der Waals surface area (Å²) >= 11 is 0. The normalized spacial score (nSPS) is 26.1. The van der Waals surface area contributed by atoms with E-state index in [9.17, 15) is 4.79 Å². The van der Waals surface area contributed by atoms with E-state index >= 15 is 0 Å². The first-order valence-electron chi connectivity index (χ1n) is 6.49. The van der Waals surface area contributed by atoms with E-state index in [-0.39, 0.29) is 6.09 Å². The number of hydrogen-bond acceptors (Lipinski definition) is 3. The van der Waals surface area contributed by atoms with Gasteiger partial charge in [-0.25, -0.2) is 4.79 Å².